The molecule has 0 unspecified atom stereocenters. The van der Waals surface area contributed by atoms with Crippen molar-refractivity contribution in [1.82, 2.24) is 4.57 Å². The molecule has 21 heavy (non-hydrogen) atoms. The van der Waals surface area contributed by atoms with Crippen molar-refractivity contribution in [1.29, 1.82) is 0 Å². The summed E-state index contributed by atoms with van der Waals surface area (Å²) in [5.41, 5.74) is 2.24. The summed E-state index contributed by atoms with van der Waals surface area (Å²) in [6.07, 6.45) is 1.99. The molecule has 3 aromatic rings. The van der Waals surface area contributed by atoms with Gasteiger partial charge in [0.2, 0.25) is 0 Å². The fourth-order valence-electron chi connectivity index (χ4n) is 2.18. The molecule has 1 aromatic heterocycles. The van der Waals surface area contributed by atoms with E-state index < -0.39 is 6.09 Å². The maximum Gasteiger partial charge on any atom is 0.418 e. The second kappa shape index (κ2) is 5.63. The van der Waals surface area contributed by atoms with Gasteiger partial charge in [0.05, 0.1) is 5.52 Å². The van der Waals surface area contributed by atoms with Crippen molar-refractivity contribution in [3.63, 3.8) is 0 Å². The van der Waals surface area contributed by atoms with Crippen LogP contribution in [0.15, 0.2) is 60.8 Å². The zero-order chi connectivity index (χ0) is 14.7. The number of hydrogen-bond donors (Lipinski definition) is 0. The third-order valence-corrected chi connectivity index (χ3v) is 3.25. The molecule has 0 aliphatic rings. The predicted molar refractivity (Wildman–Crippen MR) is 79.4 cm³/mol. The maximum absolute atomic E-state index is 12.1. The van der Waals surface area contributed by atoms with Crippen molar-refractivity contribution in [2.45, 2.75) is 6.61 Å². The molecule has 4 nitrogen and oxygen atoms in total. The first-order valence-corrected chi connectivity index (χ1v) is 6.55. The van der Waals surface area contributed by atoms with E-state index in [9.17, 15) is 9.59 Å². The van der Waals surface area contributed by atoms with E-state index in [1.807, 2.05) is 30.3 Å². The molecule has 0 saturated carbocycles. The van der Waals surface area contributed by atoms with Crippen LogP contribution in [-0.2, 0) is 11.3 Å². The minimum Gasteiger partial charge on any atom is -0.444 e. The monoisotopic (exact) mass is 279 g/mol. The van der Waals surface area contributed by atoms with Crippen molar-refractivity contribution < 1.29 is 14.3 Å². The molecule has 0 saturated heterocycles. The van der Waals surface area contributed by atoms with E-state index in [0.29, 0.717) is 5.56 Å². The normalized spacial score (nSPS) is 10.5. The molecule has 0 amide bonds. The van der Waals surface area contributed by atoms with Crippen LogP contribution in [-0.4, -0.2) is 16.9 Å². The third-order valence-electron chi connectivity index (χ3n) is 3.25. The molecule has 0 aliphatic heterocycles. The van der Waals surface area contributed by atoms with Crippen molar-refractivity contribution >= 4 is 23.3 Å². The lowest BCUT2D eigenvalue weighted by molar-refractivity contribution is 0.112. The number of benzene rings is 2. The maximum atomic E-state index is 12.1. The van der Waals surface area contributed by atoms with Crippen LogP contribution >= 0.6 is 0 Å². The quantitative estimate of drug-likeness (QED) is 0.688. The van der Waals surface area contributed by atoms with Gasteiger partial charge in [-0.1, -0.05) is 30.3 Å². The first-order chi connectivity index (χ1) is 10.3. The van der Waals surface area contributed by atoms with Crippen molar-refractivity contribution in [2.75, 3.05) is 0 Å². The van der Waals surface area contributed by atoms with Gasteiger partial charge in [-0.05, 0) is 29.8 Å². The molecule has 0 atom stereocenters. The van der Waals surface area contributed by atoms with Gasteiger partial charge in [0.15, 0.2) is 0 Å². The van der Waals surface area contributed by atoms with Crippen molar-refractivity contribution in [2.24, 2.45) is 0 Å². The average Bonchev–Trinajstić information content (AvgIpc) is 2.96. The highest BCUT2D eigenvalue weighted by Crippen LogP contribution is 2.17. The number of aldehydes is 1. The molecule has 1 heterocycles. The molecule has 0 N–H and O–H groups in total. The standard InChI is InChI=1S/C17H13NO3/c19-11-14-6-7-16-15(10-14)8-9-18(16)17(20)21-12-13-4-2-1-3-5-13/h1-11H,12H2. The van der Waals surface area contributed by atoms with Crippen LogP contribution < -0.4 is 0 Å². The number of aromatic nitrogens is 1. The molecule has 3 rings (SSSR count). The lowest BCUT2D eigenvalue weighted by Gasteiger charge is -2.06. The number of carbonyl (C=O) groups is 2. The van der Waals surface area contributed by atoms with Crippen molar-refractivity contribution in [3.8, 4) is 0 Å². The highest BCUT2D eigenvalue weighted by Gasteiger charge is 2.10. The Kier molecular flexibility index (Phi) is 3.51. The Morgan fingerprint density at radius 2 is 1.90 bits per heavy atom. The summed E-state index contributed by atoms with van der Waals surface area (Å²) in [5.74, 6) is 0. The van der Waals surface area contributed by atoms with E-state index >= 15 is 0 Å². The number of nitrogens with zero attached hydrogens (tertiary/aromatic N) is 1. The Bertz CT molecular complexity index is 790. The average molecular weight is 279 g/mol. The molecular formula is C17H13NO3. The van der Waals surface area contributed by atoms with Gasteiger partial charge in [0, 0.05) is 17.1 Å². The summed E-state index contributed by atoms with van der Waals surface area (Å²) in [4.78, 5) is 22.9. The van der Waals surface area contributed by atoms with Crippen LogP contribution in [0.5, 0.6) is 0 Å². The Labute approximate surface area is 121 Å². The summed E-state index contributed by atoms with van der Waals surface area (Å²) >= 11 is 0. The number of ether oxygens (including phenoxy) is 1. The zero-order valence-corrected chi connectivity index (χ0v) is 11.2. The smallest absolute Gasteiger partial charge is 0.418 e. The third kappa shape index (κ3) is 2.69. The molecule has 0 fully saturated rings. The number of hydrogen-bond acceptors (Lipinski definition) is 3. The van der Waals surface area contributed by atoms with Gasteiger partial charge in [-0.2, -0.15) is 0 Å². The van der Waals surface area contributed by atoms with E-state index in [1.54, 1.807) is 30.5 Å². The molecular weight excluding hydrogens is 266 g/mol. The number of fused-ring (bicyclic) bond motifs is 1. The second-order valence-electron chi connectivity index (χ2n) is 4.66. The Balaban J connectivity index is 1.80. The largest absolute Gasteiger partial charge is 0.444 e. The highest BCUT2D eigenvalue weighted by molar-refractivity contribution is 5.92. The fourth-order valence-corrected chi connectivity index (χ4v) is 2.18. The van der Waals surface area contributed by atoms with E-state index in [0.717, 1.165) is 22.8 Å². The molecule has 104 valence electrons. The van der Waals surface area contributed by atoms with E-state index in [-0.39, 0.29) is 6.61 Å². The Hall–Kier alpha value is -2.88. The minimum atomic E-state index is -0.437. The minimum absolute atomic E-state index is 0.228. The van der Waals surface area contributed by atoms with Gasteiger partial charge in [0.25, 0.3) is 0 Å². The summed E-state index contributed by atoms with van der Waals surface area (Å²) in [6.45, 7) is 0.228. The zero-order valence-electron chi connectivity index (χ0n) is 11.2. The van der Waals surface area contributed by atoms with Gasteiger partial charge in [-0.15, -0.1) is 0 Å². The van der Waals surface area contributed by atoms with Crippen LogP contribution in [0.25, 0.3) is 10.9 Å². The van der Waals surface area contributed by atoms with Crippen LogP contribution in [0.3, 0.4) is 0 Å². The molecule has 4 heteroatoms. The van der Waals surface area contributed by atoms with Crippen molar-refractivity contribution in [3.05, 3.63) is 71.9 Å². The van der Waals surface area contributed by atoms with Crippen LogP contribution in [0, 0.1) is 0 Å². The van der Waals surface area contributed by atoms with Gasteiger partial charge in [-0.25, -0.2) is 4.79 Å². The highest BCUT2D eigenvalue weighted by atomic mass is 16.5. The first-order valence-electron chi connectivity index (χ1n) is 6.55. The molecule has 2 aromatic carbocycles. The number of rotatable bonds is 3. The second-order valence-corrected chi connectivity index (χ2v) is 4.66. The van der Waals surface area contributed by atoms with Gasteiger partial charge in [0.1, 0.15) is 12.9 Å². The Morgan fingerprint density at radius 3 is 2.67 bits per heavy atom. The molecule has 0 spiro atoms. The summed E-state index contributed by atoms with van der Waals surface area (Å²) in [6, 6.07) is 16.4. The topological polar surface area (TPSA) is 48.3 Å². The first kappa shape index (κ1) is 13.1. The lowest BCUT2D eigenvalue weighted by Crippen LogP contribution is -2.12. The van der Waals surface area contributed by atoms with Crippen LogP contribution in [0.4, 0.5) is 4.79 Å². The fraction of sp³-hybridized carbons (Fsp3) is 0.0588. The summed E-state index contributed by atoms with van der Waals surface area (Å²) in [5, 5.41) is 0.830. The van der Waals surface area contributed by atoms with E-state index in [2.05, 4.69) is 0 Å². The Morgan fingerprint density at radius 1 is 1.10 bits per heavy atom. The molecule has 0 aliphatic carbocycles. The summed E-state index contributed by atoms with van der Waals surface area (Å²) < 4.78 is 6.73. The van der Waals surface area contributed by atoms with Gasteiger partial charge in [-0.3, -0.25) is 9.36 Å². The van der Waals surface area contributed by atoms with Gasteiger partial charge >= 0.3 is 6.09 Å². The predicted octanol–water partition coefficient (Wildman–Crippen LogP) is 3.64. The van der Waals surface area contributed by atoms with E-state index in [4.69, 9.17) is 4.74 Å². The lowest BCUT2D eigenvalue weighted by atomic mass is 10.2. The van der Waals surface area contributed by atoms with Gasteiger partial charge < -0.3 is 4.74 Å². The number of carbonyl (C=O) groups excluding carboxylic acids is 2. The van der Waals surface area contributed by atoms with E-state index in [1.165, 1.54) is 4.57 Å². The van der Waals surface area contributed by atoms with Crippen LogP contribution in [0.1, 0.15) is 15.9 Å². The summed E-state index contributed by atoms with van der Waals surface area (Å²) in [7, 11) is 0. The van der Waals surface area contributed by atoms with Crippen LogP contribution in [0.2, 0.25) is 0 Å². The molecule has 0 bridgehead atoms. The SMILES string of the molecule is O=Cc1ccc2c(ccn2C(=O)OCc2ccccc2)c1. The molecule has 0 radical (unpaired) electrons.